The normalized spacial score (nSPS) is 19.3. The summed E-state index contributed by atoms with van der Waals surface area (Å²) in [6.07, 6.45) is 3.48. The average molecular weight is 523 g/mol. The number of nitrogens with one attached hydrogen (secondary N) is 2. The Morgan fingerprint density at radius 1 is 1.09 bits per heavy atom. The molecule has 192 valence electrons. The van der Waals surface area contributed by atoms with Gasteiger partial charge < -0.3 is 15.5 Å². The summed E-state index contributed by atoms with van der Waals surface area (Å²) < 4.78 is 26.7. The molecule has 1 atom stereocenters. The van der Waals surface area contributed by atoms with Gasteiger partial charge in [0, 0.05) is 32.7 Å². The summed E-state index contributed by atoms with van der Waals surface area (Å²) in [5.41, 5.74) is 5.68. The number of carbonyl (C=O) groups excluding carboxylic acids is 1. The van der Waals surface area contributed by atoms with Crippen LogP contribution in [0.3, 0.4) is 0 Å². The third kappa shape index (κ3) is 6.56. The summed E-state index contributed by atoms with van der Waals surface area (Å²) in [6.45, 7) is 4.83. The van der Waals surface area contributed by atoms with Crippen LogP contribution in [-0.2, 0) is 10.0 Å². The smallest absolute Gasteiger partial charge is 0.335 e. The first-order chi connectivity index (χ1) is 16.2. The molecule has 1 unspecified atom stereocenters. The van der Waals surface area contributed by atoms with Gasteiger partial charge in [-0.15, -0.1) is 17.2 Å². The summed E-state index contributed by atoms with van der Waals surface area (Å²) in [7, 11) is -3.98. The lowest BCUT2D eigenvalue weighted by atomic mass is 9.98. The number of likely N-dealkylation sites (tertiary alicyclic amines) is 2. The number of hydrogen-bond donors (Lipinski definition) is 3. The number of fused-ring (bicyclic) bond motifs is 1. The second kappa shape index (κ2) is 11.5. The molecule has 0 aliphatic carbocycles. The highest BCUT2D eigenvalue weighted by Crippen LogP contribution is 2.23. The van der Waals surface area contributed by atoms with E-state index in [9.17, 15) is 13.2 Å². The van der Waals surface area contributed by atoms with Gasteiger partial charge in [0.05, 0.1) is 4.90 Å². The lowest BCUT2D eigenvalue weighted by Crippen LogP contribution is -2.56. The summed E-state index contributed by atoms with van der Waals surface area (Å²) in [6, 6.07) is 12.2. The molecule has 2 aliphatic heterocycles. The molecule has 2 amide bonds. The van der Waals surface area contributed by atoms with Crippen LogP contribution in [0, 0.1) is 17.2 Å². The number of guanidine groups is 1. The van der Waals surface area contributed by atoms with E-state index in [1.807, 2.05) is 24.3 Å². The number of piperidine rings is 2. The van der Waals surface area contributed by atoms with Crippen molar-refractivity contribution in [2.75, 3.05) is 32.7 Å². The van der Waals surface area contributed by atoms with Crippen molar-refractivity contribution in [1.29, 1.82) is 5.41 Å². The molecule has 2 aromatic carbocycles. The maximum Gasteiger partial charge on any atom is 0.335 e. The first-order valence-electron chi connectivity index (χ1n) is 11.9. The highest BCUT2D eigenvalue weighted by molar-refractivity contribution is 7.89. The third-order valence-corrected chi connectivity index (χ3v) is 8.18. The molecule has 4 N–H and O–H groups in total. The van der Waals surface area contributed by atoms with Gasteiger partial charge in [-0.25, -0.2) is 18.2 Å². The van der Waals surface area contributed by atoms with Crippen LogP contribution in [0.5, 0.6) is 0 Å². The van der Waals surface area contributed by atoms with Crippen LogP contribution in [0.2, 0.25) is 0 Å². The van der Waals surface area contributed by atoms with E-state index in [2.05, 4.69) is 11.8 Å². The van der Waals surface area contributed by atoms with Gasteiger partial charge >= 0.3 is 6.03 Å². The Kier molecular flexibility index (Phi) is 8.84. The van der Waals surface area contributed by atoms with E-state index < -0.39 is 10.0 Å². The fraction of sp³-hybridized carbons (Fsp3) is 0.500. The number of amides is 2. The summed E-state index contributed by atoms with van der Waals surface area (Å²) in [5.74, 6) is 0.559. The Hall–Kier alpha value is -2.56. The van der Waals surface area contributed by atoms with Gasteiger partial charge in [0.15, 0.2) is 5.96 Å². The van der Waals surface area contributed by atoms with Gasteiger partial charge in [-0.2, -0.15) is 0 Å². The van der Waals surface area contributed by atoms with Crippen molar-refractivity contribution in [3.63, 3.8) is 0 Å². The first-order valence-corrected chi connectivity index (χ1v) is 13.4. The molecule has 9 nitrogen and oxygen atoms in total. The number of hydrogen-bond acceptors (Lipinski definition) is 4. The number of nitrogens with zero attached hydrogens (tertiary/aromatic N) is 3. The molecule has 0 aromatic heterocycles. The number of halogens is 1. The predicted molar refractivity (Wildman–Crippen MR) is 140 cm³/mol. The molecule has 2 saturated heterocycles. The molecule has 11 heteroatoms. The van der Waals surface area contributed by atoms with Crippen molar-refractivity contribution in [2.24, 2.45) is 17.6 Å². The average Bonchev–Trinajstić information content (AvgIpc) is 2.83. The fourth-order valence-electron chi connectivity index (χ4n) is 4.75. The van der Waals surface area contributed by atoms with Crippen molar-refractivity contribution in [3.05, 3.63) is 42.5 Å². The zero-order chi connectivity index (χ0) is 24.3. The minimum absolute atomic E-state index is 0. The SMILES string of the molecule is CC1CCN(C(=O)N(CC2CCCN(C(=N)N)C2)NS(=O)(=O)c2ccc3ccccc3c2)CC1.Cl. The van der Waals surface area contributed by atoms with Crippen LogP contribution in [0.15, 0.2) is 47.4 Å². The van der Waals surface area contributed by atoms with Crippen LogP contribution in [0.25, 0.3) is 10.8 Å². The molecule has 2 heterocycles. The Labute approximate surface area is 213 Å². The number of benzene rings is 2. The van der Waals surface area contributed by atoms with E-state index in [0.29, 0.717) is 32.1 Å². The number of hydrazine groups is 1. The van der Waals surface area contributed by atoms with E-state index in [0.717, 1.165) is 36.5 Å². The summed E-state index contributed by atoms with van der Waals surface area (Å²) in [5, 5.41) is 10.8. The third-order valence-electron chi connectivity index (χ3n) is 6.85. The zero-order valence-electron chi connectivity index (χ0n) is 20.0. The zero-order valence-corrected chi connectivity index (χ0v) is 21.7. The van der Waals surface area contributed by atoms with Crippen molar-refractivity contribution in [2.45, 2.75) is 37.5 Å². The van der Waals surface area contributed by atoms with Gasteiger partial charge in [0.2, 0.25) is 0 Å². The number of sulfonamides is 1. The number of urea groups is 1. The molecule has 0 saturated carbocycles. The summed E-state index contributed by atoms with van der Waals surface area (Å²) >= 11 is 0. The molecule has 35 heavy (non-hydrogen) atoms. The Morgan fingerprint density at radius 2 is 1.77 bits per heavy atom. The van der Waals surface area contributed by atoms with E-state index >= 15 is 0 Å². The number of carbonyl (C=O) groups is 1. The van der Waals surface area contributed by atoms with Crippen LogP contribution in [-0.4, -0.2) is 67.9 Å². The molecular formula is C24H35ClN6O3S. The molecule has 2 aliphatic rings. The largest absolute Gasteiger partial charge is 0.370 e. The lowest BCUT2D eigenvalue weighted by molar-refractivity contribution is 0.110. The standard InChI is InChI=1S/C24H34N6O3S.ClH/c1-18-10-13-28(14-11-18)24(31)30(17-19-5-4-12-29(16-19)23(25)26)27-34(32,33)22-9-8-20-6-2-3-7-21(20)15-22;/h2-3,6-9,15,18-19,27H,4-5,10-14,16-17H2,1H3,(H3,25,26);1H. The van der Waals surface area contributed by atoms with E-state index in [1.165, 1.54) is 5.01 Å². The van der Waals surface area contributed by atoms with Gasteiger partial charge in [-0.05, 0) is 60.4 Å². The van der Waals surface area contributed by atoms with Crippen LogP contribution >= 0.6 is 12.4 Å². The van der Waals surface area contributed by atoms with Crippen molar-refractivity contribution in [1.82, 2.24) is 19.6 Å². The van der Waals surface area contributed by atoms with Gasteiger partial charge in [-0.3, -0.25) is 5.41 Å². The Balaban J connectivity index is 0.00000342. The maximum absolute atomic E-state index is 13.5. The van der Waals surface area contributed by atoms with Gasteiger partial charge in [-0.1, -0.05) is 37.3 Å². The van der Waals surface area contributed by atoms with Crippen molar-refractivity contribution < 1.29 is 13.2 Å². The highest BCUT2D eigenvalue weighted by Gasteiger charge is 2.32. The summed E-state index contributed by atoms with van der Waals surface area (Å²) in [4.78, 5) is 19.7. The molecule has 0 spiro atoms. The highest BCUT2D eigenvalue weighted by atomic mass is 35.5. The second-order valence-electron chi connectivity index (χ2n) is 9.51. The van der Waals surface area contributed by atoms with Crippen molar-refractivity contribution >= 4 is 45.2 Å². The Bertz CT molecular complexity index is 1150. The van der Waals surface area contributed by atoms with E-state index in [1.54, 1.807) is 28.0 Å². The molecule has 2 aromatic rings. The Morgan fingerprint density at radius 3 is 2.46 bits per heavy atom. The number of nitrogens with two attached hydrogens (primary N) is 1. The van der Waals surface area contributed by atoms with Gasteiger partial charge in [0.1, 0.15) is 0 Å². The monoisotopic (exact) mass is 522 g/mol. The minimum atomic E-state index is -3.98. The van der Waals surface area contributed by atoms with Crippen LogP contribution < -0.4 is 10.6 Å². The molecule has 0 radical (unpaired) electrons. The molecule has 0 bridgehead atoms. The molecular weight excluding hydrogens is 488 g/mol. The van der Waals surface area contributed by atoms with Gasteiger partial charge in [0.25, 0.3) is 10.0 Å². The minimum Gasteiger partial charge on any atom is -0.370 e. The molecule has 4 rings (SSSR count). The maximum atomic E-state index is 13.5. The fourth-order valence-corrected chi connectivity index (χ4v) is 5.83. The number of rotatable bonds is 5. The topological polar surface area (TPSA) is 123 Å². The lowest BCUT2D eigenvalue weighted by Gasteiger charge is -2.38. The van der Waals surface area contributed by atoms with Crippen molar-refractivity contribution in [3.8, 4) is 0 Å². The molecule has 2 fully saturated rings. The second-order valence-corrected chi connectivity index (χ2v) is 11.2. The first kappa shape index (κ1) is 27.0. The van der Waals surface area contributed by atoms with Crippen LogP contribution in [0.4, 0.5) is 4.79 Å². The van der Waals surface area contributed by atoms with E-state index in [-0.39, 0.29) is 41.8 Å². The predicted octanol–water partition coefficient (Wildman–Crippen LogP) is 3.21. The van der Waals surface area contributed by atoms with Crippen LogP contribution in [0.1, 0.15) is 32.6 Å². The quantitative estimate of drug-likeness (QED) is 0.316. The van der Waals surface area contributed by atoms with E-state index in [4.69, 9.17) is 11.1 Å².